The summed E-state index contributed by atoms with van der Waals surface area (Å²) in [5.41, 5.74) is 1.04. The number of methoxy groups -OCH3 is 1. The van der Waals surface area contributed by atoms with Gasteiger partial charge in [-0.1, -0.05) is 6.08 Å². The molecule has 90 valence electrons. The minimum absolute atomic E-state index is 0.149. The van der Waals surface area contributed by atoms with Crippen molar-refractivity contribution in [2.45, 2.75) is 39.2 Å². The molecule has 0 aliphatic heterocycles. The highest BCUT2D eigenvalue weighted by Crippen LogP contribution is 2.28. The molecule has 1 rings (SSSR count). The van der Waals surface area contributed by atoms with Crippen LogP contribution in [0.2, 0.25) is 0 Å². The van der Waals surface area contributed by atoms with Crippen LogP contribution in [0.3, 0.4) is 0 Å². The smallest absolute Gasteiger partial charge is 0.312 e. The first-order chi connectivity index (χ1) is 7.54. The van der Waals surface area contributed by atoms with Crippen molar-refractivity contribution in [2.24, 2.45) is 5.92 Å². The Morgan fingerprint density at radius 2 is 2.19 bits per heavy atom. The van der Waals surface area contributed by atoms with E-state index in [1.807, 2.05) is 6.08 Å². The zero-order valence-corrected chi connectivity index (χ0v) is 9.99. The van der Waals surface area contributed by atoms with E-state index in [9.17, 15) is 9.59 Å². The molecule has 4 heteroatoms. The van der Waals surface area contributed by atoms with E-state index in [0.29, 0.717) is 0 Å². The lowest BCUT2D eigenvalue weighted by Crippen LogP contribution is -2.16. The average Bonchev–Trinajstić information content (AvgIpc) is 2.63. The third kappa shape index (κ3) is 3.36. The molecule has 0 saturated heterocycles. The van der Waals surface area contributed by atoms with Crippen LogP contribution >= 0.6 is 0 Å². The molecule has 1 saturated carbocycles. The minimum atomic E-state index is -0.281. The highest BCUT2D eigenvalue weighted by Gasteiger charge is 2.25. The van der Waals surface area contributed by atoms with Crippen LogP contribution in [0.1, 0.15) is 33.1 Å². The van der Waals surface area contributed by atoms with Gasteiger partial charge in [0.1, 0.15) is 6.10 Å². The van der Waals surface area contributed by atoms with Gasteiger partial charge in [-0.25, -0.2) is 0 Å². The maximum Gasteiger partial charge on any atom is 0.312 e. The maximum atomic E-state index is 11.3. The number of hydrogen-bond acceptors (Lipinski definition) is 4. The average molecular weight is 226 g/mol. The van der Waals surface area contributed by atoms with E-state index in [1.165, 1.54) is 14.0 Å². The van der Waals surface area contributed by atoms with Crippen molar-refractivity contribution in [1.29, 1.82) is 0 Å². The van der Waals surface area contributed by atoms with Crippen molar-refractivity contribution in [3.05, 3.63) is 11.6 Å². The van der Waals surface area contributed by atoms with E-state index < -0.39 is 0 Å². The molecule has 0 aromatic rings. The summed E-state index contributed by atoms with van der Waals surface area (Å²) in [6, 6.07) is 0. The molecule has 2 atom stereocenters. The quantitative estimate of drug-likeness (QED) is 0.544. The van der Waals surface area contributed by atoms with E-state index in [4.69, 9.17) is 4.74 Å². The van der Waals surface area contributed by atoms with Crippen LogP contribution in [0.25, 0.3) is 0 Å². The molecule has 1 aliphatic rings. The van der Waals surface area contributed by atoms with E-state index in [0.717, 1.165) is 24.8 Å². The molecule has 0 aromatic heterocycles. The Balaban J connectivity index is 2.66. The van der Waals surface area contributed by atoms with E-state index >= 15 is 0 Å². The summed E-state index contributed by atoms with van der Waals surface area (Å²) >= 11 is 0. The summed E-state index contributed by atoms with van der Waals surface area (Å²) in [7, 11) is 1.37. The van der Waals surface area contributed by atoms with Crippen molar-refractivity contribution in [1.82, 2.24) is 0 Å². The lowest BCUT2D eigenvalue weighted by Gasteiger charge is -2.13. The molecule has 0 heterocycles. The summed E-state index contributed by atoms with van der Waals surface area (Å²) in [5.74, 6) is -0.819. The fraction of sp³-hybridized carbons (Fsp3) is 0.667. The number of rotatable bonds is 3. The second-order valence-electron chi connectivity index (χ2n) is 4.04. The Labute approximate surface area is 95.6 Å². The van der Waals surface area contributed by atoms with Gasteiger partial charge in [0.25, 0.3) is 0 Å². The lowest BCUT2D eigenvalue weighted by atomic mass is 10.1. The summed E-state index contributed by atoms with van der Waals surface area (Å²) in [6.45, 7) is 3.18. The Morgan fingerprint density at radius 3 is 2.75 bits per heavy atom. The second kappa shape index (κ2) is 5.68. The Morgan fingerprint density at radius 1 is 1.50 bits per heavy atom. The van der Waals surface area contributed by atoms with Crippen LogP contribution in [-0.2, 0) is 19.1 Å². The molecular formula is C12H18O4. The zero-order chi connectivity index (χ0) is 12.1. The van der Waals surface area contributed by atoms with E-state index in [2.05, 4.69) is 4.74 Å². The topological polar surface area (TPSA) is 52.6 Å². The van der Waals surface area contributed by atoms with Gasteiger partial charge in [0.05, 0.1) is 13.0 Å². The van der Waals surface area contributed by atoms with Crippen molar-refractivity contribution >= 4 is 11.9 Å². The predicted molar refractivity (Wildman–Crippen MR) is 58.7 cm³/mol. The van der Waals surface area contributed by atoms with Gasteiger partial charge < -0.3 is 9.47 Å². The van der Waals surface area contributed by atoms with Gasteiger partial charge in [-0.05, 0) is 31.8 Å². The molecule has 2 unspecified atom stereocenters. The molecule has 1 aliphatic carbocycles. The number of hydrogen-bond donors (Lipinski definition) is 0. The van der Waals surface area contributed by atoms with Crippen LogP contribution in [0.15, 0.2) is 11.6 Å². The third-order valence-electron chi connectivity index (χ3n) is 2.69. The van der Waals surface area contributed by atoms with Crippen LogP contribution in [0.5, 0.6) is 0 Å². The number of carbonyl (C=O) groups is 2. The highest BCUT2D eigenvalue weighted by atomic mass is 16.5. The van der Waals surface area contributed by atoms with Gasteiger partial charge in [-0.3, -0.25) is 9.59 Å². The van der Waals surface area contributed by atoms with Gasteiger partial charge in [0.2, 0.25) is 0 Å². The Kier molecular flexibility index (Phi) is 4.52. The van der Waals surface area contributed by atoms with Gasteiger partial charge in [-0.15, -0.1) is 0 Å². The molecule has 0 N–H and O–H groups in total. The molecule has 0 bridgehead atoms. The van der Waals surface area contributed by atoms with E-state index in [-0.39, 0.29) is 24.0 Å². The normalized spacial score (nSPS) is 24.2. The van der Waals surface area contributed by atoms with Gasteiger partial charge in [0.15, 0.2) is 0 Å². The lowest BCUT2D eigenvalue weighted by molar-refractivity contribution is -0.144. The van der Waals surface area contributed by atoms with Crippen LogP contribution in [0, 0.1) is 5.92 Å². The monoisotopic (exact) mass is 226 g/mol. The first-order valence-electron chi connectivity index (χ1n) is 5.50. The summed E-state index contributed by atoms with van der Waals surface area (Å²) < 4.78 is 9.83. The molecular weight excluding hydrogens is 208 g/mol. The van der Waals surface area contributed by atoms with Gasteiger partial charge in [-0.2, -0.15) is 0 Å². The van der Waals surface area contributed by atoms with Crippen LogP contribution < -0.4 is 0 Å². The van der Waals surface area contributed by atoms with E-state index in [1.54, 1.807) is 6.92 Å². The minimum Gasteiger partial charge on any atom is -0.469 e. The molecule has 16 heavy (non-hydrogen) atoms. The number of esters is 2. The molecule has 1 fully saturated rings. The first-order valence-corrected chi connectivity index (χ1v) is 5.50. The van der Waals surface area contributed by atoms with Crippen LogP contribution in [0.4, 0.5) is 0 Å². The zero-order valence-electron chi connectivity index (χ0n) is 9.99. The van der Waals surface area contributed by atoms with Gasteiger partial charge in [0, 0.05) is 6.92 Å². The largest absolute Gasteiger partial charge is 0.469 e. The molecule has 0 amide bonds. The maximum absolute atomic E-state index is 11.3. The molecule has 0 spiro atoms. The fourth-order valence-electron chi connectivity index (χ4n) is 1.94. The fourth-order valence-corrected chi connectivity index (χ4v) is 1.94. The van der Waals surface area contributed by atoms with Crippen molar-refractivity contribution in [3.8, 4) is 0 Å². The van der Waals surface area contributed by atoms with Crippen molar-refractivity contribution < 1.29 is 19.1 Å². The van der Waals surface area contributed by atoms with Crippen molar-refractivity contribution in [2.75, 3.05) is 7.11 Å². The molecule has 0 aromatic carbocycles. The van der Waals surface area contributed by atoms with Gasteiger partial charge >= 0.3 is 11.9 Å². The SMILES string of the molecule is COC(=O)C(C)/C=C1\CCCC1OC(C)=O. The Bertz CT molecular complexity index is 306. The second-order valence-corrected chi connectivity index (χ2v) is 4.04. The molecule has 0 radical (unpaired) electrons. The third-order valence-corrected chi connectivity index (χ3v) is 2.69. The summed E-state index contributed by atoms with van der Waals surface area (Å²) in [6.07, 6.45) is 4.44. The number of carbonyl (C=O) groups excluding carboxylic acids is 2. The highest BCUT2D eigenvalue weighted by molar-refractivity contribution is 5.74. The van der Waals surface area contributed by atoms with Crippen LogP contribution in [-0.4, -0.2) is 25.2 Å². The standard InChI is InChI=1S/C12H18O4/c1-8(12(14)15-3)7-10-5-4-6-11(10)16-9(2)13/h7-8,11H,4-6H2,1-3H3/b10-7+. The van der Waals surface area contributed by atoms with Crippen molar-refractivity contribution in [3.63, 3.8) is 0 Å². The Hall–Kier alpha value is -1.32. The predicted octanol–water partition coefficient (Wildman–Crippen LogP) is 1.84. The summed E-state index contributed by atoms with van der Waals surface area (Å²) in [4.78, 5) is 22.1. The first kappa shape index (κ1) is 12.7. The molecule has 4 nitrogen and oxygen atoms in total. The number of ether oxygens (including phenoxy) is 2. The summed E-state index contributed by atoms with van der Waals surface area (Å²) in [5, 5.41) is 0.